The van der Waals surface area contributed by atoms with Crippen molar-refractivity contribution in [2.75, 3.05) is 6.54 Å². The SMILES string of the molecule is O=S(=O)(NCCCn1ccnn1)c1cc(Br)ccc1Br. The molecule has 0 atom stereocenters. The molecule has 1 N–H and O–H groups in total. The molecule has 0 unspecified atom stereocenters. The number of sulfonamides is 1. The second-order valence-corrected chi connectivity index (χ2v) is 7.50. The molecule has 20 heavy (non-hydrogen) atoms. The number of nitrogens with one attached hydrogen (secondary N) is 1. The van der Waals surface area contributed by atoms with Gasteiger partial charge in [0.2, 0.25) is 10.0 Å². The van der Waals surface area contributed by atoms with Gasteiger partial charge in [-0.05, 0) is 40.5 Å². The summed E-state index contributed by atoms with van der Waals surface area (Å²) in [6.45, 7) is 0.948. The van der Waals surface area contributed by atoms with Crippen LogP contribution in [-0.2, 0) is 16.6 Å². The van der Waals surface area contributed by atoms with Crippen LogP contribution in [0.2, 0.25) is 0 Å². The van der Waals surface area contributed by atoms with Gasteiger partial charge in [0, 0.05) is 28.2 Å². The normalized spacial score (nSPS) is 11.7. The minimum atomic E-state index is -3.53. The van der Waals surface area contributed by atoms with Crippen LogP contribution in [0.25, 0.3) is 0 Å². The van der Waals surface area contributed by atoms with E-state index in [1.807, 2.05) is 0 Å². The Balaban J connectivity index is 1.95. The van der Waals surface area contributed by atoms with E-state index in [9.17, 15) is 8.42 Å². The van der Waals surface area contributed by atoms with Crippen LogP contribution < -0.4 is 4.72 Å². The lowest BCUT2D eigenvalue weighted by atomic mass is 10.4. The van der Waals surface area contributed by atoms with Gasteiger partial charge in [0.1, 0.15) is 0 Å². The van der Waals surface area contributed by atoms with Crippen LogP contribution in [0.4, 0.5) is 0 Å². The lowest BCUT2D eigenvalue weighted by Crippen LogP contribution is -2.26. The van der Waals surface area contributed by atoms with E-state index in [2.05, 4.69) is 46.9 Å². The number of aryl methyl sites for hydroxylation is 1. The first kappa shape index (κ1) is 15.6. The van der Waals surface area contributed by atoms with E-state index in [-0.39, 0.29) is 4.90 Å². The van der Waals surface area contributed by atoms with Crippen molar-refractivity contribution < 1.29 is 8.42 Å². The van der Waals surface area contributed by atoms with Crippen molar-refractivity contribution in [3.05, 3.63) is 39.5 Å². The van der Waals surface area contributed by atoms with Gasteiger partial charge < -0.3 is 0 Å². The maximum atomic E-state index is 12.2. The van der Waals surface area contributed by atoms with Gasteiger partial charge in [0.05, 0.1) is 11.1 Å². The van der Waals surface area contributed by atoms with E-state index < -0.39 is 10.0 Å². The molecular formula is C11H12Br2N4O2S. The zero-order valence-corrected chi connectivity index (χ0v) is 14.3. The molecular weight excluding hydrogens is 412 g/mol. The minimum Gasteiger partial charge on any atom is -0.253 e. The topological polar surface area (TPSA) is 76.9 Å². The quantitative estimate of drug-likeness (QED) is 0.722. The van der Waals surface area contributed by atoms with Gasteiger partial charge in [0.25, 0.3) is 0 Å². The molecule has 0 fully saturated rings. The molecule has 0 aliphatic rings. The van der Waals surface area contributed by atoms with E-state index in [1.54, 1.807) is 35.3 Å². The van der Waals surface area contributed by atoms with E-state index in [1.165, 1.54) is 0 Å². The molecule has 0 radical (unpaired) electrons. The summed E-state index contributed by atoms with van der Waals surface area (Å²) < 4.78 is 29.8. The fourth-order valence-corrected chi connectivity index (χ4v) is 4.13. The van der Waals surface area contributed by atoms with Crippen molar-refractivity contribution in [3.63, 3.8) is 0 Å². The molecule has 1 aromatic heterocycles. The first-order chi connectivity index (χ1) is 9.49. The summed E-state index contributed by atoms with van der Waals surface area (Å²) in [6, 6.07) is 5.02. The predicted octanol–water partition coefficient (Wildman–Crippen LogP) is 2.17. The molecule has 0 spiro atoms. The van der Waals surface area contributed by atoms with Gasteiger partial charge in [-0.15, -0.1) is 5.10 Å². The Hall–Kier alpha value is -0.770. The number of nitrogens with zero attached hydrogens (tertiary/aromatic N) is 3. The number of hydrogen-bond acceptors (Lipinski definition) is 4. The highest BCUT2D eigenvalue weighted by Gasteiger charge is 2.17. The summed E-state index contributed by atoms with van der Waals surface area (Å²) >= 11 is 6.51. The Kier molecular flexibility index (Phi) is 5.30. The second kappa shape index (κ2) is 6.79. The Labute approximate surface area is 133 Å². The van der Waals surface area contributed by atoms with E-state index >= 15 is 0 Å². The average Bonchev–Trinajstić information content (AvgIpc) is 2.90. The molecule has 2 aromatic rings. The molecule has 0 saturated heterocycles. The highest BCUT2D eigenvalue weighted by Crippen LogP contribution is 2.25. The monoisotopic (exact) mass is 422 g/mol. The van der Waals surface area contributed by atoms with Crippen LogP contribution in [-0.4, -0.2) is 30.0 Å². The van der Waals surface area contributed by atoms with Gasteiger partial charge in [-0.1, -0.05) is 21.1 Å². The number of aromatic nitrogens is 3. The van der Waals surface area contributed by atoms with Gasteiger partial charge >= 0.3 is 0 Å². The molecule has 108 valence electrons. The lowest BCUT2D eigenvalue weighted by Gasteiger charge is -2.09. The molecule has 1 aromatic carbocycles. The first-order valence-corrected chi connectivity index (χ1v) is 8.85. The minimum absolute atomic E-state index is 0.215. The average molecular weight is 424 g/mol. The molecule has 0 saturated carbocycles. The van der Waals surface area contributed by atoms with Crippen LogP contribution in [0.1, 0.15) is 6.42 Å². The van der Waals surface area contributed by atoms with Crippen LogP contribution in [0, 0.1) is 0 Å². The summed E-state index contributed by atoms with van der Waals surface area (Å²) in [6.07, 6.45) is 3.95. The van der Waals surface area contributed by atoms with Gasteiger partial charge in [-0.3, -0.25) is 4.68 Å². The molecule has 0 aliphatic carbocycles. The fraction of sp³-hybridized carbons (Fsp3) is 0.273. The van der Waals surface area contributed by atoms with Crippen molar-refractivity contribution in [2.45, 2.75) is 17.9 Å². The van der Waals surface area contributed by atoms with E-state index in [0.717, 1.165) is 0 Å². The van der Waals surface area contributed by atoms with Gasteiger partial charge in [-0.2, -0.15) is 0 Å². The molecule has 9 heteroatoms. The fourth-order valence-electron chi connectivity index (χ4n) is 1.56. The van der Waals surface area contributed by atoms with Gasteiger partial charge in [0.15, 0.2) is 0 Å². The largest absolute Gasteiger partial charge is 0.253 e. The zero-order chi connectivity index (χ0) is 14.6. The number of benzene rings is 1. The lowest BCUT2D eigenvalue weighted by molar-refractivity contribution is 0.542. The molecule has 1 heterocycles. The van der Waals surface area contributed by atoms with Crippen molar-refractivity contribution in [1.29, 1.82) is 0 Å². The Bertz CT molecular complexity index is 674. The first-order valence-electron chi connectivity index (χ1n) is 5.78. The third-order valence-electron chi connectivity index (χ3n) is 2.51. The molecule has 2 rings (SSSR count). The van der Waals surface area contributed by atoms with E-state index in [0.29, 0.717) is 28.5 Å². The van der Waals surface area contributed by atoms with Gasteiger partial charge in [-0.25, -0.2) is 13.1 Å². The molecule has 6 nitrogen and oxygen atoms in total. The summed E-state index contributed by atoms with van der Waals surface area (Å²) in [5.74, 6) is 0. The predicted molar refractivity (Wildman–Crippen MR) is 81.7 cm³/mol. The summed E-state index contributed by atoms with van der Waals surface area (Å²) in [5, 5.41) is 7.49. The highest BCUT2D eigenvalue weighted by molar-refractivity contribution is 9.11. The zero-order valence-electron chi connectivity index (χ0n) is 10.3. The summed E-state index contributed by atoms with van der Waals surface area (Å²) in [4.78, 5) is 0.215. The maximum Gasteiger partial charge on any atom is 0.241 e. The smallest absolute Gasteiger partial charge is 0.241 e. The van der Waals surface area contributed by atoms with Crippen LogP contribution in [0.5, 0.6) is 0 Å². The van der Waals surface area contributed by atoms with Crippen LogP contribution in [0.3, 0.4) is 0 Å². The second-order valence-electron chi connectivity index (χ2n) is 3.99. The number of halogens is 2. The number of hydrogen-bond donors (Lipinski definition) is 1. The standard InChI is InChI=1S/C11H12Br2N4O2S/c12-9-2-3-10(13)11(8-9)20(18,19)15-4-1-6-17-7-5-14-16-17/h2-3,5,7-8,15H,1,4,6H2. The Morgan fingerprint density at radius 1 is 1.30 bits per heavy atom. The van der Waals surface area contributed by atoms with Crippen molar-refractivity contribution >= 4 is 41.9 Å². The van der Waals surface area contributed by atoms with Crippen molar-refractivity contribution in [1.82, 2.24) is 19.7 Å². The summed E-state index contributed by atoms with van der Waals surface area (Å²) in [5.41, 5.74) is 0. The van der Waals surface area contributed by atoms with E-state index in [4.69, 9.17) is 0 Å². The maximum absolute atomic E-state index is 12.2. The Morgan fingerprint density at radius 2 is 2.10 bits per heavy atom. The summed E-state index contributed by atoms with van der Waals surface area (Å²) in [7, 11) is -3.53. The molecule has 0 amide bonds. The Morgan fingerprint density at radius 3 is 2.80 bits per heavy atom. The number of rotatable bonds is 6. The van der Waals surface area contributed by atoms with Crippen LogP contribution in [0.15, 0.2) is 44.4 Å². The van der Waals surface area contributed by atoms with Crippen LogP contribution >= 0.6 is 31.9 Å². The van der Waals surface area contributed by atoms with Crippen molar-refractivity contribution in [2.24, 2.45) is 0 Å². The third-order valence-corrected chi connectivity index (χ3v) is 5.46. The molecule has 0 bridgehead atoms. The van der Waals surface area contributed by atoms with Crippen molar-refractivity contribution in [3.8, 4) is 0 Å². The molecule has 0 aliphatic heterocycles. The highest BCUT2D eigenvalue weighted by atomic mass is 79.9. The third kappa shape index (κ3) is 4.11.